The van der Waals surface area contributed by atoms with Gasteiger partial charge in [0.05, 0.1) is 0 Å². The van der Waals surface area contributed by atoms with E-state index in [1.54, 1.807) is 0 Å². The number of amides is 1. The molecule has 2 rings (SSSR count). The highest BCUT2D eigenvalue weighted by Gasteiger charge is 2.17. The van der Waals surface area contributed by atoms with E-state index in [1.165, 1.54) is 24.8 Å². The van der Waals surface area contributed by atoms with E-state index in [4.69, 9.17) is 0 Å². The van der Waals surface area contributed by atoms with Crippen LogP contribution in [0.15, 0.2) is 48.5 Å². The maximum absolute atomic E-state index is 12.6. The zero-order valence-electron chi connectivity index (χ0n) is 16.4. The van der Waals surface area contributed by atoms with Crippen molar-refractivity contribution in [1.29, 1.82) is 0 Å². The molecule has 0 aromatic heterocycles. The van der Waals surface area contributed by atoms with Gasteiger partial charge in [0.1, 0.15) is 6.61 Å². The minimum atomic E-state index is 0.0267. The first-order valence-corrected chi connectivity index (χ1v) is 9.64. The van der Waals surface area contributed by atoms with Gasteiger partial charge in [-0.2, -0.15) is 0 Å². The standard InChI is InChI=1S/C23H31NO2/c1-4-5-6-10-16-26(17-21-14-8-7-9-15-21)18-22(25)24-23-19(2)12-11-13-20(23)3/h7-9,11-15H,4-6,10,16-18H2,1-3H3/p+1. The van der Waals surface area contributed by atoms with Gasteiger partial charge in [0.2, 0.25) is 6.61 Å². The lowest BCUT2D eigenvalue weighted by Crippen LogP contribution is -2.28. The zero-order chi connectivity index (χ0) is 18.8. The molecule has 0 aliphatic rings. The second-order valence-corrected chi connectivity index (χ2v) is 6.97. The predicted molar refractivity (Wildman–Crippen MR) is 110 cm³/mol. The van der Waals surface area contributed by atoms with Gasteiger partial charge < -0.3 is 9.68 Å². The quantitative estimate of drug-likeness (QED) is 0.439. The Bertz CT molecular complexity index is 662. The van der Waals surface area contributed by atoms with E-state index in [9.17, 15) is 4.79 Å². The molecule has 140 valence electrons. The van der Waals surface area contributed by atoms with Crippen molar-refractivity contribution >= 4 is 11.6 Å². The molecule has 1 N–H and O–H groups in total. The van der Waals surface area contributed by atoms with Crippen molar-refractivity contribution in [1.82, 2.24) is 0 Å². The highest BCUT2D eigenvalue weighted by atomic mass is 16.7. The maximum Gasteiger partial charge on any atom is 0.300 e. The molecule has 2 aromatic carbocycles. The molecule has 0 aliphatic carbocycles. The minimum absolute atomic E-state index is 0.0267. The van der Waals surface area contributed by atoms with E-state index in [-0.39, 0.29) is 5.91 Å². The highest BCUT2D eigenvalue weighted by Crippen LogP contribution is 2.20. The molecular weight excluding hydrogens is 322 g/mol. The number of aryl methyl sites for hydroxylation is 2. The molecule has 0 fully saturated rings. The molecule has 1 amide bonds. The van der Waals surface area contributed by atoms with Crippen molar-refractivity contribution in [3.8, 4) is 0 Å². The highest BCUT2D eigenvalue weighted by molar-refractivity contribution is 5.93. The fourth-order valence-corrected chi connectivity index (χ4v) is 3.11. The normalized spacial score (nSPS) is 10.9. The van der Waals surface area contributed by atoms with Gasteiger partial charge in [-0.3, -0.25) is 4.79 Å². The number of benzene rings is 2. The fourth-order valence-electron chi connectivity index (χ4n) is 3.11. The summed E-state index contributed by atoms with van der Waals surface area (Å²) in [6.45, 7) is 8.22. The number of rotatable bonds is 10. The molecule has 0 bridgehead atoms. The van der Waals surface area contributed by atoms with Crippen molar-refractivity contribution in [2.24, 2.45) is 0 Å². The first-order chi connectivity index (χ1) is 12.6. The van der Waals surface area contributed by atoms with E-state index < -0.39 is 0 Å². The maximum atomic E-state index is 12.6. The number of carbonyl (C=O) groups excluding carboxylic acids is 1. The Morgan fingerprint density at radius 3 is 2.27 bits per heavy atom. The molecule has 0 aliphatic heterocycles. The number of para-hydroxylation sites is 1. The number of unbranched alkanes of at least 4 members (excludes halogenated alkanes) is 3. The molecule has 26 heavy (non-hydrogen) atoms. The lowest BCUT2D eigenvalue weighted by atomic mass is 10.1. The van der Waals surface area contributed by atoms with Crippen LogP contribution in [0.5, 0.6) is 0 Å². The van der Waals surface area contributed by atoms with Gasteiger partial charge in [0, 0.05) is 17.7 Å². The molecular formula is C23H32NO2+. The van der Waals surface area contributed by atoms with Crippen molar-refractivity contribution in [2.75, 3.05) is 18.5 Å². The lowest BCUT2D eigenvalue weighted by molar-refractivity contribution is -0.166. The van der Waals surface area contributed by atoms with E-state index in [2.05, 4.69) is 28.7 Å². The molecule has 0 heterocycles. The van der Waals surface area contributed by atoms with Crippen LogP contribution >= 0.6 is 0 Å². The third-order valence-corrected chi connectivity index (χ3v) is 4.58. The van der Waals surface area contributed by atoms with Gasteiger partial charge in [0.25, 0.3) is 0 Å². The van der Waals surface area contributed by atoms with Crippen LogP contribution in [0.25, 0.3) is 0 Å². The van der Waals surface area contributed by atoms with Crippen LogP contribution in [0.3, 0.4) is 0 Å². The Hall–Kier alpha value is -2.13. The van der Waals surface area contributed by atoms with Gasteiger partial charge in [0.15, 0.2) is 6.61 Å². The van der Waals surface area contributed by atoms with Crippen molar-refractivity contribution in [2.45, 2.75) is 53.1 Å². The van der Waals surface area contributed by atoms with Crippen LogP contribution in [-0.2, 0) is 15.8 Å². The predicted octanol–water partition coefficient (Wildman–Crippen LogP) is 5.57. The van der Waals surface area contributed by atoms with Gasteiger partial charge in [-0.1, -0.05) is 68.3 Å². The van der Waals surface area contributed by atoms with Crippen LogP contribution in [-0.4, -0.2) is 19.1 Å². The lowest BCUT2D eigenvalue weighted by Gasteiger charge is -2.20. The first-order valence-electron chi connectivity index (χ1n) is 9.64. The first kappa shape index (κ1) is 20.2. The summed E-state index contributed by atoms with van der Waals surface area (Å²) in [4.78, 5) is 12.6. The van der Waals surface area contributed by atoms with Gasteiger partial charge in [-0.05, 0) is 31.4 Å². The Labute approximate surface area is 158 Å². The fraction of sp³-hybridized carbons (Fsp3) is 0.435. The summed E-state index contributed by atoms with van der Waals surface area (Å²) in [7, 11) is 0. The summed E-state index contributed by atoms with van der Waals surface area (Å²) in [6.07, 6.45) is 4.76. The van der Waals surface area contributed by atoms with Crippen LogP contribution < -0.4 is 5.32 Å². The molecule has 0 unspecified atom stereocenters. The molecule has 0 saturated carbocycles. The van der Waals surface area contributed by atoms with Gasteiger partial charge in [-0.15, -0.1) is 0 Å². The molecule has 2 aromatic rings. The average molecular weight is 355 g/mol. The summed E-state index contributed by atoms with van der Waals surface area (Å²) in [5.41, 5.74) is 4.35. The van der Waals surface area contributed by atoms with Crippen LogP contribution in [0.2, 0.25) is 0 Å². The van der Waals surface area contributed by atoms with Gasteiger partial charge >= 0.3 is 5.91 Å². The number of carbonyl (C=O) groups is 1. The average Bonchev–Trinajstić information content (AvgIpc) is 2.63. The Morgan fingerprint density at radius 2 is 1.62 bits per heavy atom. The molecule has 0 atom stereocenters. The second-order valence-electron chi connectivity index (χ2n) is 6.97. The van der Waals surface area contributed by atoms with E-state index in [0.29, 0.717) is 6.61 Å². The number of hydrogen-bond donors (Lipinski definition) is 1. The van der Waals surface area contributed by atoms with E-state index in [0.717, 1.165) is 36.4 Å². The summed E-state index contributed by atoms with van der Waals surface area (Å²) in [6, 6.07) is 16.4. The Balaban J connectivity index is 1.98. The molecule has 3 nitrogen and oxygen atoms in total. The molecule has 3 heteroatoms. The monoisotopic (exact) mass is 354 g/mol. The smallest absolute Gasteiger partial charge is 0.300 e. The Kier molecular flexibility index (Phi) is 8.36. The zero-order valence-corrected chi connectivity index (χ0v) is 16.4. The van der Waals surface area contributed by atoms with E-state index in [1.807, 2.05) is 50.2 Å². The summed E-state index contributed by atoms with van der Waals surface area (Å²) >= 11 is 0. The van der Waals surface area contributed by atoms with Crippen LogP contribution in [0.4, 0.5) is 5.69 Å². The molecule has 0 spiro atoms. The number of nitrogens with one attached hydrogen (secondary N) is 1. The number of anilines is 1. The summed E-state index contributed by atoms with van der Waals surface area (Å²) in [5.74, 6) is 0.0267. The summed E-state index contributed by atoms with van der Waals surface area (Å²) < 4.78 is 3.19. The second kappa shape index (κ2) is 10.8. The van der Waals surface area contributed by atoms with E-state index >= 15 is 0 Å². The van der Waals surface area contributed by atoms with Crippen molar-refractivity contribution < 1.29 is 9.16 Å². The van der Waals surface area contributed by atoms with Crippen LogP contribution in [0, 0.1) is 13.8 Å². The topological polar surface area (TPSA) is 31.8 Å². The number of hydrogen-bond acceptors (Lipinski definition) is 1. The van der Waals surface area contributed by atoms with Crippen molar-refractivity contribution in [3.63, 3.8) is 0 Å². The summed E-state index contributed by atoms with van der Waals surface area (Å²) in [5, 5.41) is 3.09. The van der Waals surface area contributed by atoms with Gasteiger partial charge in [-0.25, -0.2) is 0 Å². The molecule has 0 radical (unpaired) electrons. The third kappa shape index (κ3) is 6.64. The minimum Gasteiger partial charge on any atom is -0.411 e. The van der Waals surface area contributed by atoms with Crippen LogP contribution in [0.1, 0.15) is 49.3 Å². The SMILES string of the molecule is CCCCCC[O+](CC(=O)Nc1c(C)cccc1C)Cc1ccccc1. The molecule has 0 saturated heterocycles. The largest absolute Gasteiger partial charge is 0.411 e. The Morgan fingerprint density at radius 1 is 0.923 bits per heavy atom. The van der Waals surface area contributed by atoms with Crippen molar-refractivity contribution in [3.05, 3.63) is 65.2 Å². The third-order valence-electron chi connectivity index (χ3n) is 4.58.